The second kappa shape index (κ2) is 6.66. The van der Waals surface area contributed by atoms with Crippen LogP contribution in [0.3, 0.4) is 0 Å². The molecule has 0 saturated carbocycles. The highest BCUT2D eigenvalue weighted by Gasteiger charge is 2.10. The maximum Gasteiger partial charge on any atom is 0.0236 e. The first-order valence-electron chi connectivity index (χ1n) is 6.13. The zero-order valence-electron chi connectivity index (χ0n) is 10.7. The van der Waals surface area contributed by atoms with Gasteiger partial charge in [-0.1, -0.05) is 30.3 Å². The Morgan fingerprint density at radius 2 is 1.75 bits per heavy atom. The molecule has 0 aromatic heterocycles. The van der Waals surface area contributed by atoms with E-state index in [1.54, 1.807) is 0 Å². The van der Waals surface area contributed by atoms with Crippen molar-refractivity contribution in [1.82, 2.24) is 4.90 Å². The summed E-state index contributed by atoms with van der Waals surface area (Å²) >= 11 is 0. The minimum absolute atomic E-state index is 0.289. The van der Waals surface area contributed by atoms with Crippen molar-refractivity contribution in [3.05, 3.63) is 35.9 Å². The average Bonchev–Trinajstić information content (AvgIpc) is 2.25. The molecule has 0 spiro atoms. The summed E-state index contributed by atoms with van der Waals surface area (Å²) in [6, 6.07) is 11.5. The molecule has 1 atom stereocenters. The molecule has 0 bridgehead atoms. The minimum Gasteiger partial charge on any atom is -0.328 e. The van der Waals surface area contributed by atoms with Gasteiger partial charge in [0, 0.05) is 25.2 Å². The van der Waals surface area contributed by atoms with Crippen molar-refractivity contribution in [2.45, 2.75) is 45.8 Å². The van der Waals surface area contributed by atoms with Gasteiger partial charge in [0.2, 0.25) is 0 Å². The van der Waals surface area contributed by atoms with Crippen LogP contribution >= 0.6 is 0 Å². The lowest BCUT2D eigenvalue weighted by Crippen LogP contribution is -2.34. The first-order valence-corrected chi connectivity index (χ1v) is 6.13. The van der Waals surface area contributed by atoms with E-state index < -0.39 is 0 Å². The molecule has 0 aliphatic rings. The van der Waals surface area contributed by atoms with E-state index in [1.165, 1.54) is 5.56 Å². The predicted molar refractivity (Wildman–Crippen MR) is 70.3 cm³/mol. The molecule has 2 N–H and O–H groups in total. The monoisotopic (exact) mass is 220 g/mol. The Morgan fingerprint density at radius 3 is 2.25 bits per heavy atom. The topological polar surface area (TPSA) is 29.3 Å². The molecule has 1 unspecified atom stereocenters. The molecule has 0 aliphatic carbocycles. The molecular weight excluding hydrogens is 196 g/mol. The third-order valence-electron chi connectivity index (χ3n) is 2.83. The minimum atomic E-state index is 0.289. The number of hydrogen-bond acceptors (Lipinski definition) is 2. The van der Waals surface area contributed by atoms with Gasteiger partial charge < -0.3 is 5.73 Å². The summed E-state index contributed by atoms with van der Waals surface area (Å²) in [4.78, 5) is 2.47. The van der Waals surface area contributed by atoms with Crippen LogP contribution in [-0.2, 0) is 6.54 Å². The van der Waals surface area contributed by atoms with Crippen molar-refractivity contribution in [2.75, 3.05) is 6.54 Å². The standard InChI is InChI=1S/C14H24N2/c1-12(2)16(10-9-13(3)15)11-14-7-5-4-6-8-14/h4-8,12-13H,9-11,15H2,1-3H3. The van der Waals surface area contributed by atoms with Crippen LogP contribution in [-0.4, -0.2) is 23.5 Å². The highest BCUT2D eigenvalue weighted by atomic mass is 15.1. The van der Waals surface area contributed by atoms with E-state index in [9.17, 15) is 0 Å². The Hall–Kier alpha value is -0.860. The van der Waals surface area contributed by atoms with Crippen molar-refractivity contribution in [3.8, 4) is 0 Å². The van der Waals surface area contributed by atoms with Crippen LogP contribution in [0.5, 0.6) is 0 Å². The van der Waals surface area contributed by atoms with Gasteiger partial charge in [0.15, 0.2) is 0 Å². The highest BCUT2D eigenvalue weighted by Crippen LogP contribution is 2.09. The maximum absolute atomic E-state index is 5.81. The zero-order valence-corrected chi connectivity index (χ0v) is 10.7. The fraction of sp³-hybridized carbons (Fsp3) is 0.571. The van der Waals surface area contributed by atoms with E-state index in [0.29, 0.717) is 6.04 Å². The molecule has 0 saturated heterocycles. The van der Waals surface area contributed by atoms with E-state index >= 15 is 0 Å². The molecule has 1 rings (SSSR count). The van der Waals surface area contributed by atoms with E-state index in [4.69, 9.17) is 5.73 Å². The van der Waals surface area contributed by atoms with Crippen molar-refractivity contribution < 1.29 is 0 Å². The number of nitrogens with zero attached hydrogens (tertiary/aromatic N) is 1. The quantitative estimate of drug-likeness (QED) is 0.798. The number of benzene rings is 1. The fourth-order valence-corrected chi connectivity index (χ4v) is 1.71. The SMILES string of the molecule is CC(N)CCN(Cc1ccccc1)C(C)C. The van der Waals surface area contributed by atoms with Crippen molar-refractivity contribution in [1.29, 1.82) is 0 Å². The molecule has 0 amide bonds. The molecular formula is C14H24N2. The average molecular weight is 220 g/mol. The number of hydrogen-bond donors (Lipinski definition) is 1. The summed E-state index contributed by atoms with van der Waals surface area (Å²) in [7, 11) is 0. The second-order valence-electron chi connectivity index (χ2n) is 4.82. The van der Waals surface area contributed by atoms with Crippen LogP contribution in [0.1, 0.15) is 32.8 Å². The Balaban J connectivity index is 2.51. The third-order valence-corrected chi connectivity index (χ3v) is 2.83. The highest BCUT2D eigenvalue weighted by molar-refractivity contribution is 5.14. The van der Waals surface area contributed by atoms with Crippen LogP contribution in [0.15, 0.2) is 30.3 Å². The molecule has 0 heterocycles. The summed E-state index contributed by atoms with van der Waals surface area (Å²) in [5.74, 6) is 0. The molecule has 1 aromatic rings. The largest absolute Gasteiger partial charge is 0.328 e. The van der Waals surface area contributed by atoms with Gasteiger partial charge in [-0.2, -0.15) is 0 Å². The third kappa shape index (κ3) is 4.77. The number of rotatable bonds is 6. The van der Waals surface area contributed by atoms with Gasteiger partial charge in [-0.25, -0.2) is 0 Å². The molecule has 0 fully saturated rings. The predicted octanol–water partition coefficient (Wildman–Crippen LogP) is 2.63. The summed E-state index contributed by atoms with van der Waals surface area (Å²) in [6.45, 7) is 8.64. The van der Waals surface area contributed by atoms with Gasteiger partial charge >= 0.3 is 0 Å². The second-order valence-corrected chi connectivity index (χ2v) is 4.82. The fourth-order valence-electron chi connectivity index (χ4n) is 1.71. The first-order chi connectivity index (χ1) is 7.59. The number of nitrogens with two attached hydrogens (primary N) is 1. The summed E-state index contributed by atoms with van der Waals surface area (Å²) in [5, 5.41) is 0. The van der Waals surface area contributed by atoms with Gasteiger partial charge in [-0.15, -0.1) is 0 Å². The Bertz CT molecular complexity index is 280. The van der Waals surface area contributed by atoms with Gasteiger partial charge in [0.05, 0.1) is 0 Å². The van der Waals surface area contributed by atoms with Crippen LogP contribution in [0.4, 0.5) is 0 Å². The Kier molecular flexibility index (Phi) is 5.50. The van der Waals surface area contributed by atoms with Gasteiger partial charge in [0.25, 0.3) is 0 Å². The van der Waals surface area contributed by atoms with Crippen LogP contribution in [0, 0.1) is 0 Å². The Labute approximate surface area is 99.5 Å². The smallest absolute Gasteiger partial charge is 0.0236 e. The van der Waals surface area contributed by atoms with Gasteiger partial charge in [-0.05, 0) is 32.8 Å². The molecule has 16 heavy (non-hydrogen) atoms. The van der Waals surface area contributed by atoms with E-state index in [0.717, 1.165) is 19.5 Å². The van der Waals surface area contributed by atoms with Crippen LogP contribution < -0.4 is 5.73 Å². The lowest BCUT2D eigenvalue weighted by Gasteiger charge is -2.27. The summed E-state index contributed by atoms with van der Waals surface area (Å²) in [5.41, 5.74) is 7.18. The van der Waals surface area contributed by atoms with Gasteiger partial charge in [-0.3, -0.25) is 4.90 Å². The van der Waals surface area contributed by atoms with Crippen molar-refractivity contribution in [3.63, 3.8) is 0 Å². The normalized spacial score (nSPS) is 13.4. The lowest BCUT2D eigenvalue weighted by atomic mass is 10.1. The molecule has 90 valence electrons. The molecule has 1 aromatic carbocycles. The van der Waals surface area contributed by atoms with Gasteiger partial charge in [0.1, 0.15) is 0 Å². The molecule has 2 nitrogen and oxygen atoms in total. The van der Waals surface area contributed by atoms with Crippen molar-refractivity contribution in [2.24, 2.45) is 5.73 Å². The molecule has 0 aliphatic heterocycles. The van der Waals surface area contributed by atoms with Crippen LogP contribution in [0.2, 0.25) is 0 Å². The lowest BCUT2D eigenvalue weighted by molar-refractivity contribution is 0.206. The Morgan fingerprint density at radius 1 is 1.12 bits per heavy atom. The summed E-state index contributed by atoms with van der Waals surface area (Å²) in [6.07, 6.45) is 1.06. The van der Waals surface area contributed by atoms with E-state index in [1.807, 2.05) is 0 Å². The van der Waals surface area contributed by atoms with Crippen LogP contribution in [0.25, 0.3) is 0 Å². The molecule has 0 radical (unpaired) electrons. The first kappa shape index (κ1) is 13.2. The summed E-state index contributed by atoms with van der Waals surface area (Å²) < 4.78 is 0. The van der Waals surface area contributed by atoms with E-state index in [-0.39, 0.29) is 6.04 Å². The maximum atomic E-state index is 5.81. The molecule has 2 heteroatoms. The zero-order chi connectivity index (χ0) is 12.0. The van der Waals surface area contributed by atoms with Crippen molar-refractivity contribution >= 4 is 0 Å². The van der Waals surface area contributed by atoms with E-state index in [2.05, 4.69) is 56.0 Å².